The maximum absolute atomic E-state index is 4.63. The molecule has 104 valence electrons. The van der Waals surface area contributed by atoms with Crippen molar-refractivity contribution in [2.45, 2.75) is 47.5 Å². The summed E-state index contributed by atoms with van der Waals surface area (Å²) in [7, 11) is 0. The van der Waals surface area contributed by atoms with Gasteiger partial charge in [0.05, 0.1) is 0 Å². The number of hydrogen-bond donors (Lipinski definition) is 0. The third kappa shape index (κ3) is 3.49. The van der Waals surface area contributed by atoms with Crippen molar-refractivity contribution in [2.24, 2.45) is 0 Å². The zero-order chi connectivity index (χ0) is 12.7. The Labute approximate surface area is 137 Å². The minimum atomic E-state index is -1.74. The standard InChI is InChI=1S/C8H11.C7H9.CH2.2ClH.Zr/c1-6-4-5-7(2)8(6)3;1-6-4-3-5-7(6)2;;;;/h4H2,1-3H3;4H,3H2,1-2H3;1H2;2*1H;/q;;;;;+2/p-2. The summed E-state index contributed by atoms with van der Waals surface area (Å²) in [5.41, 5.74) is 7.70. The molecule has 0 nitrogen and oxygen atoms in total. The van der Waals surface area contributed by atoms with Crippen molar-refractivity contribution in [1.82, 2.24) is 0 Å². The van der Waals surface area contributed by atoms with E-state index in [2.05, 4.69) is 44.9 Å². The molecule has 19 heavy (non-hydrogen) atoms. The van der Waals surface area contributed by atoms with Gasteiger partial charge in [0.1, 0.15) is 0 Å². The van der Waals surface area contributed by atoms with Crippen molar-refractivity contribution in [3.63, 3.8) is 0 Å². The number of rotatable bonds is 2. The Bertz CT molecular complexity index is 531. The summed E-state index contributed by atoms with van der Waals surface area (Å²) >= 11 is -1.74. The fourth-order valence-corrected chi connectivity index (χ4v) is 8.84. The Kier molecular flexibility index (Phi) is 7.46. The third-order valence-corrected chi connectivity index (χ3v) is 10.8. The summed E-state index contributed by atoms with van der Waals surface area (Å²) in [4.78, 5) is 0. The molecule has 0 saturated heterocycles. The average Bonchev–Trinajstić information content (AvgIpc) is 2.75. The van der Waals surface area contributed by atoms with Crippen LogP contribution in [0.4, 0.5) is 0 Å². The van der Waals surface area contributed by atoms with Crippen molar-refractivity contribution in [1.29, 1.82) is 0 Å². The summed E-state index contributed by atoms with van der Waals surface area (Å²) in [6.07, 6.45) is 4.78. The maximum Gasteiger partial charge on any atom is -1.00 e. The van der Waals surface area contributed by atoms with E-state index in [0.717, 1.165) is 0 Å². The van der Waals surface area contributed by atoms with Gasteiger partial charge in [-0.25, -0.2) is 0 Å². The van der Waals surface area contributed by atoms with Gasteiger partial charge in [0.2, 0.25) is 0 Å². The molecule has 0 amide bonds. The van der Waals surface area contributed by atoms with Crippen LogP contribution in [0.1, 0.15) is 47.5 Å². The molecule has 0 aromatic rings. The first-order chi connectivity index (χ1) is 7.93. The molecule has 0 N–H and O–H groups in total. The predicted octanol–water partition coefficient (Wildman–Crippen LogP) is -1.32. The van der Waals surface area contributed by atoms with Crippen molar-refractivity contribution < 1.29 is 46.1 Å². The van der Waals surface area contributed by atoms with E-state index in [0.29, 0.717) is 0 Å². The van der Waals surface area contributed by atoms with Crippen molar-refractivity contribution >= 4 is 4.21 Å². The molecular weight excluding hydrogens is 354 g/mol. The van der Waals surface area contributed by atoms with Crippen LogP contribution in [-0.4, -0.2) is 4.21 Å². The van der Waals surface area contributed by atoms with Crippen molar-refractivity contribution in [3.05, 3.63) is 40.5 Å². The van der Waals surface area contributed by atoms with E-state index in [-0.39, 0.29) is 24.8 Å². The van der Waals surface area contributed by atoms with Crippen LogP contribution in [0, 0.1) is 0 Å². The normalized spacial score (nSPS) is 18.0. The first-order valence-electron chi connectivity index (χ1n) is 6.36. The fraction of sp³-hybridized carbons (Fsp3) is 0.438. The molecule has 0 heterocycles. The second-order valence-corrected chi connectivity index (χ2v) is 10.7. The Balaban J connectivity index is 0.00000162. The smallest absolute Gasteiger partial charge is 1.00 e. The van der Waals surface area contributed by atoms with E-state index in [9.17, 15) is 0 Å². The molecule has 0 aliphatic heterocycles. The Morgan fingerprint density at radius 3 is 1.84 bits per heavy atom. The summed E-state index contributed by atoms with van der Waals surface area (Å²) in [6.45, 7) is 11.4. The SMILES string of the molecule is [CH2]=[Zr+2]([C]1=C(C)C(C)=CC1)[C]1=C(C)C(C)=C(C)C1.[Cl-].[Cl-]. The van der Waals surface area contributed by atoms with Crippen LogP contribution in [0.3, 0.4) is 0 Å². The topological polar surface area (TPSA) is 0 Å². The number of halogens is 2. The van der Waals surface area contributed by atoms with Gasteiger partial charge in [-0.15, -0.1) is 0 Å². The van der Waals surface area contributed by atoms with Gasteiger partial charge >= 0.3 is 113 Å². The van der Waals surface area contributed by atoms with E-state index in [1.54, 1.807) is 23.3 Å². The molecule has 0 atom stereocenters. The van der Waals surface area contributed by atoms with Crippen LogP contribution in [-0.2, 0) is 21.3 Å². The fourth-order valence-electron chi connectivity index (χ4n) is 2.74. The predicted molar refractivity (Wildman–Crippen MR) is 73.9 cm³/mol. The zero-order valence-electron chi connectivity index (χ0n) is 12.5. The molecule has 2 aliphatic rings. The van der Waals surface area contributed by atoms with Crippen LogP contribution in [0.15, 0.2) is 40.5 Å². The zero-order valence-corrected chi connectivity index (χ0v) is 16.4. The first-order valence-corrected chi connectivity index (χ1v) is 10.6. The van der Waals surface area contributed by atoms with Crippen LogP contribution < -0.4 is 24.8 Å². The molecule has 0 saturated carbocycles. The summed E-state index contributed by atoms with van der Waals surface area (Å²) in [5, 5.41) is 0. The van der Waals surface area contributed by atoms with Crippen molar-refractivity contribution in [2.75, 3.05) is 0 Å². The molecule has 0 bridgehead atoms. The van der Waals surface area contributed by atoms with Crippen LogP contribution >= 0.6 is 0 Å². The van der Waals surface area contributed by atoms with Gasteiger partial charge in [-0.2, -0.15) is 0 Å². The van der Waals surface area contributed by atoms with Crippen LogP contribution in [0.25, 0.3) is 0 Å². The summed E-state index contributed by atoms with van der Waals surface area (Å²) in [5.74, 6) is 0. The van der Waals surface area contributed by atoms with E-state index < -0.39 is 21.3 Å². The maximum atomic E-state index is 4.63. The molecule has 0 unspecified atom stereocenters. The van der Waals surface area contributed by atoms with Gasteiger partial charge in [-0.05, 0) is 0 Å². The Hall–Kier alpha value is 0.293. The molecule has 3 heteroatoms. The van der Waals surface area contributed by atoms with Crippen LogP contribution in [0.5, 0.6) is 0 Å². The quantitative estimate of drug-likeness (QED) is 0.561. The molecule has 0 spiro atoms. The average molecular weight is 376 g/mol. The summed E-state index contributed by atoms with van der Waals surface area (Å²) < 4.78 is 8.09. The van der Waals surface area contributed by atoms with Gasteiger partial charge < -0.3 is 24.8 Å². The molecule has 0 radical (unpaired) electrons. The number of hydrogen-bond acceptors (Lipinski definition) is 0. The Morgan fingerprint density at radius 1 is 0.895 bits per heavy atom. The van der Waals surface area contributed by atoms with E-state index >= 15 is 0 Å². The summed E-state index contributed by atoms with van der Waals surface area (Å²) in [6, 6.07) is 0. The molecule has 0 aromatic heterocycles. The van der Waals surface area contributed by atoms with Gasteiger partial charge in [0.15, 0.2) is 0 Å². The molecular formula is C16H22Cl2Zr. The molecule has 0 aromatic carbocycles. The minimum absolute atomic E-state index is 0. The van der Waals surface area contributed by atoms with E-state index in [1.165, 1.54) is 24.0 Å². The third-order valence-electron chi connectivity index (χ3n) is 4.48. The van der Waals surface area contributed by atoms with Gasteiger partial charge in [-0.3, -0.25) is 0 Å². The minimum Gasteiger partial charge on any atom is -1.00 e. The van der Waals surface area contributed by atoms with E-state index in [1.807, 2.05) is 0 Å². The monoisotopic (exact) mass is 374 g/mol. The van der Waals surface area contributed by atoms with E-state index in [4.69, 9.17) is 0 Å². The Morgan fingerprint density at radius 2 is 1.47 bits per heavy atom. The second-order valence-electron chi connectivity index (χ2n) is 5.36. The number of allylic oxidation sites excluding steroid dienone is 8. The molecule has 2 rings (SSSR count). The van der Waals surface area contributed by atoms with Gasteiger partial charge in [0.25, 0.3) is 0 Å². The molecule has 2 aliphatic carbocycles. The first kappa shape index (κ1) is 19.3. The van der Waals surface area contributed by atoms with Gasteiger partial charge in [-0.1, -0.05) is 0 Å². The second kappa shape index (κ2) is 7.34. The molecule has 0 fully saturated rings. The van der Waals surface area contributed by atoms with Crippen LogP contribution in [0.2, 0.25) is 0 Å². The van der Waals surface area contributed by atoms with Crippen molar-refractivity contribution in [3.8, 4) is 0 Å². The van der Waals surface area contributed by atoms with Gasteiger partial charge in [0, 0.05) is 0 Å². The largest absolute Gasteiger partial charge is 1.00 e.